The van der Waals surface area contributed by atoms with Crippen LogP contribution in [0.1, 0.15) is 11.1 Å². The first-order chi connectivity index (χ1) is 8.10. The van der Waals surface area contributed by atoms with Gasteiger partial charge in [-0.15, -0.1) is 0 Å². The van der Waals surface area contributed by atoms with Crippen molar-refractivity contribution in [3.8, 4) is 5.75 Å². The highest BCUT2D eigenvalue weighted by atomic mass is 16.5. The largest absolute Gasteiger partial charge is 0.497 e. The molecule has 0 bridgehead atoms. The Morgan fingerprint density at radius 2 is 1.94 bits per heavy atom. The molecular formula is C12H15N3O2. The Balaban J connectivity index is 2.36. The van der Waals surface area contributed by atoms with Crippen molar-refractivity contribution in [2.75, 3.05) is 13.7 Å². The van der Waals surface area contributed by atoms with Crippen LogP contribution in [0.25, 0.3) is 0 Å². The summed E-state index contributed by atoms with van der Waals surface area (Å²) in [6.07, 6.45) is 0. The highest BCUT2D eigenvalue weighted by Crippen LogP contribution is 2.28. The molecular weight excluding hydrogens is 218 g/mol. The average molecular weight is 233 g/mol. The number of carbonyl (C=O) groups excluding carboxylic acids is 1. The van der Waals surface area contributed by atoms with Gasteiger partial charge in [-0.3, -0.25) is 5.32 Å². The van der Waals surface area contributed by atoms with E-state index in [-0.39, 0.29) is 6.03 Å². The van der Waals surface area contributed by atoms with Crippen LogP contribution < -0.4 is 15.4 Å². The summed E-state index contributed by atoms with van der Waals surface area (Å²) in [5, 5.41) is 5.30. The molecule has 0 radical (unpaired) electrons. The first-order valence-corrected chi connectivity index (χ1v) is 5.38. The molecule has 5 nitrogen and oxygen atoms in total. The van der Waals surface area contributed by atoms with Gasteiger partial charge in [0.15, 0.2) is 0 Å². The van der Waals surface area contributed by atoms with Crippen LogP contribution >= 0.6 is 0 Å². The molecule has 0 aliphatic carbocycles. The highest BCUT2D eigenvalue weighted by Gasteiger charge is 2.15. The predicted octanol–water partition coefficient (Wildman–Crippen LogP) is 1.65. The van der Waals surface area contributed by atoms with Crippen LogP contribution in [0.4, 0.5) is 10.5 Å². The van der Waals surface area contributed by atoms with Gasteiger partial charge in [0.1, 0.15) is 11.6 Å². The molecule has 2 N–H and O–H groups in total. The van der Waals surface area contributed by atoms with Crippen LogP contribution in [0.15, 0.2) is 17.1 Å². The Hall–Kier alpha value is -2.04. The fraction of sp³-hybridized carbons (Fsp3) is 0.333. The maximum absolute atomic E-state index is 11.0. The number of hydrogen-bond acceptors (Lipinski definition) is 3. The van der Waals surface area contributed by atoms with Crippen molar-refractivity contribution in [2.24, 2.45) is 4.99 Å². The third kappa shape index (κ3) is 2.38. The van der Waals surface area contributed by atoms with E-state index in [0.29, 0.717) is 12.4 Å². The molecule has 1 aliphatic heterocycles. The van der Waals surface area contributed by atoms with E-state index < -0.39 is 0 Å². The first-order valence-electron chi connectivity index (χ1n) is 5.38. The standard InChI is InChI=1S/C12H15N3O2/c1-7-4-9(17-3)5-8(2)11(7)14-10-6-13-12(16)15-10/h4-5H,6H2,1-3H3,(H2,13,14,15,16). The predicted molar refractivity (Wildman–Crippen MR) is 66.1 cm³/mol. The van der Waals surface area contributed by atoms with E-state index in [1.165, 1.54) is 0 Å². The van der Waals surface area contributed by atoms with Crippen molar-refractivity contribution in [3.63, 3.8) is 0 Å². The molecule has 0 atom stereocenters. The van der Waals surface area contributed by atoms with Crippen LogP contribution in [0.3, 0.4) is 0 Å². The lowest BCUT2D eigenvalue weighted by Crippen LogP contribution is -2.22. The van der Waals surface area contributed by atoms with Crippen LogP contribution in [-0.2, 0) is 0 Å². The number of amides is 2. The van der Waals surface area contributed by atoms with E-state index >= 15 is 0 Å². The van der Waals surface area contributed by atoms with Gasteiger partial charge in [-0.1, -0.05) is 0 Å². The highest BCUT2D eigenvalue weighted by molar-refractivity contribution is 6.05. The summed E-state index contributed by atoms with van der Waals surface area (Å²) < 4.78 is 5.19. The molecule has 5 heteroatoms. The summed E-state index contributed by atoms with van der Waals surface area (Å²) in [7, 11) is 1.64. The van der Waals surface area contributed by atoms with E-state index in [2.05, 4.69) is 15.6 Å². The summed E-state index contributed by atoms with van der Waals surface area (Å²) in [6, 6.07) is 3.65. The van der Waals surface area contributed by atoms with Gasteiger partial charge in [0.25, 0.3) is 0 Å². The summed E-state index contributed by atoms with van der Waals surface area (Å²) in [4.78, 5) is 15.4. The molecule has 0 unspecified atom stereocenters. The maximum Gasteiger partial charge on any atom is 0.320 e. The van der Waals surface area contributed by atoms with Crippen molar-refractivity contribution < 1.29 is 9.53 Å². The number of aliphatic imine (C=N–C) groups is 1. The Labute approximate surface area is 99.9 Å². The third-order valence-corrected chi connectivity index (χ3v) is 2.62. The third-order valence-electron chi connectivity index (χ3n) is 2.62. The number of nitrogens with zero attached hydrogens (tertiary/aromatic N) is 1. The van der Waals surface area contributed by atoms with Crippen LogP contribution in [0.5, 0.6) is 5.75 Å². The van der Waals surface area contributed by atoms with Crippen LogP contribution in [-0.4, -0.2) is 25.5 Å². The first kappa shape index (κ1) is 11.4. The minimum atomic E-state index is -0.201. The van der Waals surface area contributed by atoms with Crippen molar-refractivity contribution >= 4 is 17.6 Å². The van der Waals surface area contributed by atoms with Crippen molar-refractivity contribution in [1.82, 2.24) is 10.6 Å². The number of aryl methyl sites for hydroxylation is 2. The molecule has 0 saturated carbocycles. The lowest BCUT2D eigenvalue weighted by Gasteiger charge is -2.08. The Morgan fingerprint density at radius 1 is 1.29 bits per heavy atom. The molecule has 1 aromatic carbocycles. The normalized spacial score (nSPS) is 16.9. The molecule has 0 spiro atoms. The number of amidine groups is 1. The van der Waals surface area contributed by atoms with Gasteiger partial charge in [-0.2, -0.15) is 0 Å². The van der Waals surface area contributed by atoms with Crippen molar-refractivity contribution in [1.29, 1.82) is 0 Å². The zero-order valence-corrected chi connectivity index (χ0v) is 10.1. The lowest BCUT2D eigenvalue weighted by atomic mass is 10.1. The van der Waals surface area contributed by atoms with E-state index in [1.54, 1.807) is 7.11 Å². The average Bonchev–Trinajstić information content (AvgIpc) is 2.69. The number of nitrogens with one attached hydrogen (secondary N) is 2. The zero-order valence-electron chi connectivity index (χ0n) is 10.1. The topological polar surface area (TPSA) is 62.7 Å². The van der Waals surface area contributed by atoms with E-state index in [4.69, 9.17) is 4.74 Å². The molecule has 0 aromatic heterocycles. The summed E-state index contributed by atoms with van der Waals surface area (Å²) >= 11 is 0. The van der Waals surface area contributed by atoms with Crippen molar-refractivity contribution in [3.05, 3.63) is 23.3 Å². The maximum atomic E-state index is 11.0. The fourth-order valence-corrected chi connectivity index (χ4v) is 1.80. The second-order valence-corrected chi connectivity index (χ2v) is 3.98. The molecule has 1 aliphatic rings. The van der Waals surface area contributed by atoms with E-state index in [9.17, 15) is 4.79 Å². The summed E-state index contributed by atoms with van der Waals surface area (Å²) in [6.45, 7) is 4.39. The molecule has 2 rings (SSSR count). The monoisotopic (exact) mass is 233 g/mol. The van der Waals surface area contributed by atoms with Gasteiger partial charge in [-0.25, -0.2) is 9.79 Å². The van der Waals surface area contributed by atoms with Gasteiger partial charge in [-0.05, 0) is 37.1 Å². The van der Waals surface area contributed by atoms with Gasteiger partial charge in [0, 0.05) is 0 Å². The molecule has 1 saturated heterocycles. The molecule has 17 heavy (non-hydrogen) atoms. The fourth-order valence-electron chi connectivity index (χ4n) is 1.80. The number of benzene rings is 1. The van der Waals surface area contributed by atoms with Gasteiger partial charge in [0.05, 0.1) is 19.3 Å². The van der Waals surface area contributed by atoms with Gasteiger partial charge in [0.2, 0.25) is 0 Å². The number of methoxy groups -OCH3 is 1. The number of carbonyl (C=O) groups is 1. The van der Waals surface area contributed by atoms with Crippen molar-refractivity contribution in [2.45, 2.75) is 13.8 Å². The SMILES string of the molecule is COc1cc(C)c(N=C2CNC(=O)N2)c(C)c1. The molecule has 1 fully saturated rings. The molecule has 2 amide bonds. The number of rotatable bonds is 2. The number of ether oxygens (including phenoxy) is 1. The van der Waals surface area contributed by atoms with Gasteiger partial charge < -0.3 is 10.1 Å². The second-order valence-electron chi connectivity index (χ2n) is 3.98. The van der Waals surface area contributed by atoms with Crippen LogP contribution in [0.2, 0.25) is 0 Å². The lowest BCUT2D eigenvalue weighted by molar-refractivity contribution is 0.249. The molecule has 1 aromatic rings. The van der Waals surface area contributed by atoms with E-state index in [0.717, 1.165) is 22.6 Å². The smallest absolute Gasteiger partial charge is 0.320 e. The minimum Gasteiger partial charge on any atom is -0.497 e. The number of urea groups is 1. The zero-order chi connectivity index (χ0) is 12.4. The molecule has 1 heterocycles. The summed E-state index contributed by atoms with van der Waals surface area (Å²) in [5.74, 6) is 1.46. The second kappa shape index (κ2) is 4.45. The van der Waals surface area contributed by atoms with E-state index in [1.807, 2.05) is 26.0 Å². The minimum absolute atomic E-state index is 0.201. The molecule has 90 valence electrons. The Kier molecular flexibility index (Phi) is 2.99. The van der Waals surface area contributed by atoms with Gasteiger partial charge >= 0.3 is 6.03 Å². The Bertz CT molecular complexity index is 472. The summed E-state index contributed by atoms with van der Waals surface area (Å²) in [5.41, 5.74) is 2.93. The van der Waals surface area contributed by atoms with Crippen LogP contribution in [0, 0.1) is 13.8 Å². The Morgan fingerprint density at radius 3 is 2.41 bits per heavy atom. The number of hydrogen-bond donors (Lipinski definition) is 2. The quantitative estimate of drug-likeness (QED) is 0.816.